The summed E-state index contributed by atoms with van der Waals surface area (Å²) < 4.78 is 17.7. The van der Waals surface area contributed by atoms with E-state index >= 15 is 0 Å². The van der Waals surface area contributed by atoms with E-state index in [1.165, 1.54) is 0 Å². The minimum atomic E-state index is -1.94. The van der Waals surface area contributed by atoms with Crippen molar-refractivity contribution in [2.75, 3.05) is 65.5 Å². The molecule has 1 aromatic heterocycles. The third kappa shape index (κ3) is 6.74. The minimum Gasteiger partial charge on any atom is -0.497 e. The van der Waals surface area contributed by atoms with Crippen LogP contribution in [0.2, 0.25) is 18.1 Å². The Labute approximate surface area is 239 Å². The molecule has 1 saturated heterocycles. The Bertz CT molecular complexity index is 1310. The van der Waals surface area contributed by atoms with Gasteiger partial charge in [-0.05, 0) is 43.4 Å². The lowest BCUT2D eigenvalue weighted by molar-refractivity contribution is 0.0658. The molecule has 216 valence electrons. The third-order valence-electron chi connectivity index (χ3n) is 8.08. The van der Waals surface area contributed by atoms with Crippen molar-refractivity contribution in [3.63, 3.8) is 0 Å². The number of nitrogens with zero attached hydrogens (tertiary/aromatic N) is 5. The molecule has 0 aliphatic carbocycles. The van der Waals surface area contributed by atoms with Crippen LogP contribution in [0, 0.1) is 0 Å². The predicted octanol–water partition coefficient (Wildman–Crippen LogP) is 5.19. The lowest BCUT2D eigenvalue weighted by Crippen LogP contribution is -2.47. The molecule has 1 aliphatic rings. The highest BCUT2D eigenvalue weighted by Crippen LogP contribution is 2.37. The van der Waals surface area contributed by atoms with Crippen LogP contribution in [0.3, 0.4) is 0 Å². The zero-order chi connectivity index (χ0) is 29.1. The molecule has 1 aliphatic heterocycles. The number of amides is 1. The Balaban J connectivity index is 1.68. The quantitative estimate of drug-likeness (QED) is 0.328. The van der Waals surface area contributed by atoms with Crippen LogP contribution in [0.4, 0.5) is 11.4 Å². The molecule has 1 amide bonds. The maximum Gasteiger partial charge on any atom is 0.274 e. The van der Waals surface area contributed by atoms with Gasteiger partial charge >= 0.3 is 0 Å². The Kier molecular flexibility index (Phi) is 9.01. The van der Waals surface area contributed by atoms with Gasteiger partial charge in [-0.25, -0.2) is 4.98 Å². The van der Waals surface area contributed by atoms with Crippen LogP contribution >= 0.6 is 0 Å². The van der Waals surface area contributed by atoms with Crippen molar-refractivity contribution in [1.29, 1.82) is 0 Å². The van der Waals surface area contributed by atoms with E-state index < -0.39 is 8.32 Å². The molecule has 0 bridgehead atoms. The van der Waals surface area contributed by atoms with E-state index in [1.807, 2.05) is 41.3 Å². The molecule has 2 heterocycles. The van der Waals surface area contributed by atoms with Crippen LogP contribution in [0.1, 0.15) is 31.3 Å². The summed E-state index contributed by atoms with van der Waals surface area (Å²) in [6, 6.07) is 11.8. The van der Waals surface area contributed by atoms with Crippen molar-refractivity contribution >= 4 is 36.6 Å². The molecule has 0 atom stereocenters. The van der Waals surface area contributed by atoms with E-state index in [0.29, 0.717) is 49.0 Å². The molecular formula is C30H43N5O4Si. The number of hydrogen-bond donors (Lipinski definition) is 0. The molecular weight excluding hydrogens is 522 g/mol. The number of aromatic nitrogens is 2. The van der Waals surface area contributed by atoms with Crippen molar-refractivity contribution < 1.29 is 18.7 Å². The minimum absolute atomic E-state index is 0.0786. The average Bonchev–Trinajstić information content (AvgIpc) is 2.93. The number of rotatable bonds is 9. The maximum atomic E-state index is 13.2. The zero-order valence-corrected chi connectivity index (χ0v) is 26.2. The van der Waals surface area contributed by atoms with E-state index in [9.17, 15) is 4.79 Å². The van der Waals surface area contributed by atoms with Gasteiger partial charge in [-0.1, -0.05) is 20.8 Å². The van der Waals surface area contributed by atoms with Crippen LogP contribution in [0.5, 0.6) is 11.5 Å². The summed E-state index contributed by atoms with van der Waals surface area (Å²) in [4.78, 5) is 28.8. The number of hydrogen-bond acceptors (Lipinski definition) is 8. The number of methoxy groups -OCH3 is 2. The SMILES string of the molecule is COc1cc(OC)cc(N(CCO[Si](C)(C)C(C)(C)C)c2ccc3ncc(C(=O)N4CCN(C)CC4)nc3c2)c1. The van der Waals surface area contributed by atoms with Gasteiger partial charge in [-0.15, -0.1) is 0 Å². The molecule has 0 saturated carbocycles. The number of ether oxygens (including phenoxy) is 2. The smallest absolute Gasteiger partial charge is 0.274 e. The average molecular weight is 566 g/mol. The van der Waals surface area contributed by atoms with Gasteiger partial charge in [0.2, 0.25) is 0 Å². The number of carbonyl (C=O) groups excluding carboxylic acids is 1. The Morgan fingerprint density at radius 1 is 0.950 bits per heavy atom. The molecule has 10 heteroatoms. The third-order valence-corrected chi connectivity index (χ3v) is 12.6. The molecule has 2 aromatic carbocycles. The summed E-state index contributed by atoms with van der Waals surface area (Å²) in [5, 5.41) is 0.113. The summed E-state index contributed by atoms with van der Waals surface area (Å²) in [6.07, 6.45) is 1.58. The van der Waals surface area contributed by atoms with Gasteiger partial charge in [-0.3, -0.25) is 9.78 Å². The van der Waals surface area contributed by atoms with Crippen molar-refractivity contribution in [2.45, 2.75) is 38.9 Å². The van der Waals surface area contributed by atoms with E-state index in [2.05, 4.69) is 55.7 Å². The number of benzene rings is 2. The fraction of sp³-hybridized carbons (Fsp3) is 0.500. The normalized spacial score (nSPS) is 14.8. The van der Waals surface area contributed by atoms with Gasteiger partial charge in [0.05, 0.1) is 38.1 Å². The van der Waals surface area contributed by atoms with Crippen LogP contribution in [-0.4, -0.2) is 94.6 Å². The number of piperazine rings is 1. The summed E-state index contributed by atoms with van der Waals surface area (Å²) in [5.74, 6) is 1.32. The largest absolute Gasteiger partial charge is 0.497 e. The molecule has 4 rings (SSSR count). The van der Waals surface area contributed by atoms with E-state index in [4.69, 9.17) is 18.9 Å². The topological polar surface area (TPSA) is 80.3 Å². The first-order valence-electron chi connectivity index (χ1n) is 13.8. The molecule has 0 N–H and O–H groups in total. The first-order valence-corrected chi connectivity index (χ1v) is 16.7. The van der Waals surface area contributed by atoms with Crippen LogP contribution in [0.15, 0.2) is 42.6 Å². The Morgan fingerprint density at radius 3 is 2.20 bits per heavy atom. The summed E-state index contributed by atoms with van der Waals surface area (Å²) in [5.41, 5.74) is 3.60. The van der Waals surface area contributed by atoms with E-state index in [1.54, 1.807) is 20.4 Å². The second-order valence-corrected chi connectivity index (χ2v) is 16.7. The van der Waals surface area contributed by atoms with Crippen LogP contribution < -0.4 is 14.4 Å². The fourth-order valence-electron chi connectivity index (χ4n) is 4.41. The highest BCUT2D eigenvalue weighted by molar-refractivity contribution is 6.74. The molecule has 0 spiro atoms. The van der Waals surface area contributed by atoms with Gasteiger partial charge in [0.1, 0.15) is 17.2 Å². The number of anilines is 2. The first kappa shape index (κ1) is 29.8. The van der Waals surface area contributed by atoms with Crippen molar-refractivity contribution in [1.82, 2.24) is 19.8 Å². The standard InChI is InChI=1S/C30H43N5O4Si/c1-30(2,3)40(7,8)39-16-15-35(23-17-24(37-5)20-25(18-23)38-6)22-9-10-26-27(19-22)32-28(21-31-26)29(36)34-13-11-33(4)12-14-34/h9-10,17-21H,11-16H2,1-8H3. The molecule has 0 radical (unpaired) electrons. The second-order valence-electron chi connectivity index (χ2n) is 11.9. The summed E-state index contributed by atoms with van der Waals surface area (Å²) >= 11 is 0. The highest BCUT2D eigenvalue weighted by atomic mass is 28.4. The van der Waals surface area contributed by atoms with Gasteiger partial charge in [-0.2, -0.15) is 0 Å². The number of likely N-dealkylation sites (N-methyl/N-ethyl adjacent to an activating group) is 1. The molecule has 9 nitrogen and oxygen atoms in total. The zero-order valence-electron chi connectivity index (χ0n) is 25.2. The number of carbonyl (C=O) groups is 1. The first-order chi connectivity index (χ1) is 18.9. The van der Waals surface area contributed by atoms with Gasteiger partial charge < -0.3 is 28.6 Å². The monoisotopic (exact) mass is 565 g/mol. The van der Waals surface area contributed by atoms with E-state index in [-0.39, 0.29) is 10.9 Å². The predicted molar refractivity (Wildman–Crippen MR) is 163 cm³/mol. The molecule has 1 fully saturated rings. The molecule has 3 aromatic rings. The fourth-order valence-corrected chi connectivity index (χ4v) is 5.44. The Morgan fingerprint density at radius 2 is 1.60 bits per heavy atom. The maximum absolute atomic E-state index is 13.2. The van der Waals surface area contributed by atoms with Gasteiger partial charge in [0.25, 0.3) is 5.91 Å². The van der Waals surface area contributed by atoms with Gasteiger partial charge in [0, 0.05) is 62.3 Å². The van der Waals surface area contributed by atoms with Crippen molar-refractivity contribution in [3.8, 4) is 11.5 Å². The lowest BCUT2D eigenvalue weighted by Gasteiger charge is -2.37. The van der Waals surface area contributed by atoms with E-state index in [0.717, 1.165) is 30.0 Å². The van der Waals surface area contributed by atoms with Crippen LogP contribution in [-0.2, 0) is 4.43 Å². The summed E-state index contributed by atoms with van der Waals surface area (Å²) in [6.45, 7) is 15.5. The van der Waals surface area contributed by atoms with Crippen LogP contribution in [0.25, 0.3) is 11.0 Å². The van der Waals surface area contributed by atoms with Crippen molar-refractivity contribution in [3.05, 3.63) is 48.3 Å². The summed E-state index contributed by atoms with van der Waals surface area (Å²) in [7, 11) is 3.43. The highest BCUT2D eigenvalue weighted by Gasteiger charge is 2.37. The molecule has 0 unspecified atom stereocenters. The second kappa shape index (κ2) is 12.1. The number of fused-ring (bicyclic) bond motifs is 1. The van der Waals surface area contributed by atoms with Gasteiger partial charge in [0.15, 0.2) is 8.32 Å². The lowest BCUT2D eigenvalue weighted by atomic mass is 10.2. The van der Waals surface area contributed by atoms with Crippen molar-refractivity contribution in [2.24, 2.45) is 0 Å². The molecule has 40 heavy (non-hydrogen) atoms. The Hall–Kier alpha value is -3.21.